The number of aliphatic hydroxyl groups is 1. The highest BCUT2D eigenvalue weighted by molar-refractivity contribution is 6.30. The number of benzene rings is 1. The number of ether oxygens (including phenoxy) is 2. The summed E-state index contributed by atoms with van der Waals surface area (Å²) in [7, 11) is 1.67. The summed E-state index contributed by atoms with van der Waals surface area (Å²) in [5.41, 5.74) is 0. The van der Waals surface area contributed by atoms with Gasteiger partial charge in [0.2, 0.25) is 0 Å². The van der Waals surface area contributed by atoms with Crippen LogP contribution in [0.1, 0.15) is 13.3 Å². The summed E-state index contributed by atoms with van der Waals surface area (Å²) < 4.78 is 10.5. The minimum atomic E-state index is -0.554. The van der Waals surface area contributed by atoms with Crippen molar-refractivity contribution in [3.05, 3.63) is 29.3 Å². The lowest BCUT2D eigenvalue weighted by atomic mass is 10.2. The van der Waals surface area contributed by atoms with E-state index >= 15 is 0 Å². The first-order valence-corrected chi connectivity index (χ1v) is 6.82. The molecule has 2 N–H and O–H groups in total. The molecule has 0 heterocycles. The Morgan fingerprint density at radius 2 is 1.95 bits per heavy atom. The number of rotatable bonds is 9. The van der Waals surface area contributed by atoms with E-state index in [0.29, 0.717) is 23.9 Å². The van der Waals surface area contributed by atoms with Crippen molar-refractivity contribution in [3.63, 3.8) is 0 Å². The van der Waals surface area contributed by atoms with E-state index in [1.54, 1.807) is 31.4 Å². The number of aliphatic hydroxyl groups excluding tert-OH is 1. The van der Waals surface area contributed by atoms with Crippen molar-refractivity contribution in [2.75, 3.05) is 26.9 Å². The zero-order valence-corrected chi connectivity index (χ0v) is 12.2. The Labute approximate surface area is 119 Å². The van der Waals surface area contributed by atoms with Crippen molar-refractivity contribution in [2.24, 2.45) is 0 Å². The number of hydrogen-bond acceptors (Lipinski definition) is 4. The van der Waals surface area contributed by atoms with Crippen LogP contribution in [-0.4, -0.2) is 44.1 Å². The molecule has 0 fully saturated rings. The average Bonchev–Trinajstić information content (AvgIpc) is 2.42. The Hall–Kier alpha value is -0.810. The van der Waals surface area contributed by atoms with Crippen LogP contribution in [0.15, 0.2) is 24.3 Å². The van der Waals surface area contributed by atoms with E-state index in [1.807, 2.05) is 0 Å². The molecule has 0 spiro atoms. The summed E-state index contributed by atoms with van der Waals surface area (Å²) >= 11 is 5.78. The molecular formula is C14H22ClNO3. The van der Waals surface area contributed by atoms with Crippen molar-refractivity contribution in [3.8, 4) is 5.75 Å². The Balaban J connectivity index is 2.23. The first kappa shape index (κ1) is 16.2. The van der Waals surface area contributed by atoms with Gasteiger partial charge in [0, 0.05) is 24.7 Å². The third-order valence-corrected chi connectivity index (χ3v) is 3.01. The summed E-state index contributed by atoms with van der Waals surface area (Å²) in [6.45, 7) is 3.45. The van der Waals surface area contributed by atoms with Crippen LogP contribution in [0.4, 0.5) is 0 Å². The molecule has 0 amide bonds. The van der Waals surface area contributed by atoms with Gasteiger partial charge in [0.1, 0.15) is 18.5 Å². The molecule has 0 aliphatic rings. The second-order valence-corrected chi connectivity index (χ2v) is 4.82. The quantitative estimate of drug-likeness (QED) is 0.730. The predicted molar refractivity (Wildman–Crippen MR) is 76.9 cm³/mol. The standard InChI is InChI=1S/C14H22ClNO3/c1-3-12(9-18-2)16-8-13(17)10-19-14-6-4-11(15)5-7-14/h4-7,12-13,16-17H,3,8-10H2,1-2H3. The van der Waals surface area contributed by atoms with Gasteiger partial charge in [-0.3, -0.25) is 0 Å². The molecule has 0 aliphatic heterocycles. The minimum Gasteiger partial charge on any atom is -0.491 e. The van der Waals surface area contributed by atoms with Crippen molar-refractivity contribution in [1.82, 2.24) is 5.32 Å². The molecule has 0 saturated heterocycles. The van der Waals surface area contributed by atoms with E-state index in [2.05, 4.69) is 12.2 Å². The fourth-order valence-corrected chi connectivity index (χ4v) is 1.73. The highest BCUT2D eigenvalue weighted by Gasteiger charge is 2.09. The van der Waals surface area contributed by atoms with Crippen molar-refractivity contribution >= 4 is 11.6 Å². The fourth-order valence-electron chi connectivity index (χ4n) is 1.61. The van der Waals surface area contributed by atoms with E-state index in [1.165, 1.54) is 0 Å². The summed E-state index contributed by atoms with van der Waals surface area (Å²) in [5.74, 6) is 0.701. The molecule has 19 heavy (non-hydrogen) atoms. The molecule has 1 rings (SSSR count). The van der Waals surface area contributed by atoms with E-state index < -0.39 is 6.10 Å². The smallest absolute Gasteiger partial charge is 0.119 e. The van der Waals surface area contributed by atoms with Crippen LogP contribution in [0.3, 0.4) is 0 Å². The van der Waals surface area contributed by atoms with E-state index in [4.69, 9.17) is 21.1 Å². The van der Waals surface area contributed by atoms with Crippen molar-refractivity contribution in [1.29, 1.82) is 0 Å². The average molecular weight is 288 g/mol. The molecule has 108 valence electrons. The van der Waals surface area contributed by atoms with Crippen LogP contribution in [0, 0.1) is 0 Å². The van der Waals surface area contributed by atoms with Crippen LogP contribution >= 0.6 is 11.6 Å². The molecule has 2 atom stereocenters. The highest BCUT2D eigenvalue weighted by Crippen LogP contribution is 2.15. The maximum atomic E-state index is 9.82. The highest BCUT2D eigenvalue weighted by atomic mass is 35.5. The molecule has 0 bridgehead atoms. The van der Waals surface area contributed by atoms with Crippen LogP contribution < -0.4 is 10.1 Å². The van der Waals surface area contributed by atoms with Crippen LogP contribution in [0.25, 0.3) is 0 Å². The molecule has 2 unspecified atom stereocenters. The Bertz CT molecular complexity index is 345. The minimum absolute atomic E-state index is 0.248. The molecule has 0 aromatic heterocycles. The molecule has 0 saturated carbocycles. The second-order valence-electron chi connectivity index (χ2n) is 4.39. The monoisotopic (exact) mass is 287 g/mol. The van der Waals surface area contributed by atoms with Gasteiger partial charge in [-0.1, -0.05) is 18.5 Å². The fraction of sp³-hybridized carbons (Fsp3) is 0.571. The summed E-state index contributed by atoms with van der Waals surface area (Å²) in [6, 6.07) is 7.33. The molecule has 0 aliphatic carbocycles. The van der Waals surface area contributed by atoms with E-state index in [0.717, 1.165) is 6.42 Å². The number of halogens is 1. The van der Waals surface area contributed by atoms with Gasteiger partial charge in [-0.25, -0.2) is 0 Å². The maximum Gasteiger partial charge on any atom is 0.119 e. The normalized spacial score (nSPS) is 14.1. The van der Waals surface area contributed by atoms with Crippen LogP contribution in [0.5, 0.6) is 5.75 Å². The zero-order valence-electron chi connectivity index (χ0n) is 11.4. The molecule has 4 nitrogen and oxygen atoms in total. The second kappa shape index (κ2) is 9.15. The third-order valence-electron chi connectivity index (χ3n) is 2.76. The Kier molecular flexibility index (Phi) is 7.82. The molecular weight excluding hydrogens is 266 g/mol. The lowest BCUT2D eigenvalue weighted by molar-refractivity contribution is 0.0953. The number of nitrogens with one attached hydrogen (secondary N) is 1. The first-order chi connectivity index (χ1) is 9.15. The van der Waals surface area contributed by atoms with Gasteiger partial charge >= 0.3 is 0 Å². The molecule has 0 radical (unpaired) electrons. The van der Waals surface area contributed by atoms with E-state index in [9.17, 15) is 5.11 Å². The first-order valence-electron chi connectivity index (χ1n) is 6.44. The van der Waals surface area contributed by atoms with Crippen LogP contribution in [0.2, 0.25) is 5.02 Å². The van der Waals surface area contributed by atoms with Gasteiger partial charge in [-0.2, -0.15) is 0 Å². The van der Waals surface area contributed by atoms with Gasteiger partial charge in [-0.15, -0.1) is 0 Å². The van der Waals surface area contributed by atoms with Gasteiger partial charge in [0.25, 0.3) is 0 Å². The summed E-state index contributed by atoms with van der Waals surface area (Å²) in [4.78, 5) is 0. The van der Waals surface area contributed by atoms with Gasteiger partial charge in [-0.05, 0) is 30.7 Å². The van der Waals surface area contributed by atoms with Gasteiger partial charge < -0.3 is 19.9 Å². The van der Waals surface area contributed by atoms with Gasteiger partial charge in [0.15, 0.2) is 0 Å². The SMILES string of the molecule is CCC(COC)NCC(O)COc1ccc(Cl)cc1. The van der Waals surface area contributed by atoms with Crippen molar-refractivity contribution < 1.29 is 14.6 Å². The maximum absolute atomic E-state index is 9.82. The summed E-state index contributed by atoms with van der Waals surface area (Å²) in [6.07, 6.45) is 0.403. The van der Waals surface area contributed by atoms with Crippen LogP contribution in [-0.2, 0) is 4.74 Å². The van der Waals surface area contributed by atoms with Gasteiger partial charge in [0.05, 0.1) is 6.61 Å². The largest absolute Gasteiger partial charge is 0.491 e. The van der Waals surface area contributed by atoms with E-state index in [-0.39, 0.29) is 12.6 Å². The topological polar surface area (TPSA) is 50.7 Å². The number of hydrogen-bond donors (Lipinski definition) is 2. The Morgan fingerprint density at radius 3 is 2.53 bits per heavy atom. The molecule has 1 aromatic rings. The molecule has 1 aromatic carbocycles. The lowest BCUT2D eigenvalue weighted by Crippen LogP contribution is -2.39. The third kappa shape index (κ3) is 6.78. The van der Waals surface area contributed by atoms with Crippen molar-refractivity contribution in [2.45, 2.75) is 25.5 Å². The lowest BCUT2D eigenvalue weighted by Gasteiger charge is -2.19. The zero-order chi connectivity index (χ0) is 14.1. The Morgan fingerprint density at radius 1 is 1.26 bits per heavy atom. The molecule has 5 heteroatoms. The predicted octanol–water partition coefficient (Wildman–Crippen LogP) is 2.09. The summed E-state index contributed by atoms with van der Waals surface area (Å²) in [5, 5.41) is 13.7. The number of methoxy groups -OCH3 is 1.